The highest BCUT2D eigenvalue weighted by atomic mass is 16.5. The summed E-state index contributed by atoms with van der Waals surface area (Å²) < 4.78 is 7.51. The predicted octanol–water partition coefficient (Wildman–Crippen LogP) is 1.43. The molecule has 2 unspecified atom stereocenters. The first-order chi connectivity index (χ1) is 7.77. The lowest BCUT2D eigenvalue weighted by Crippen LogP contribution is -2.34. The minimum atomic E-state index is 0.0154. The van der Waals surface area contributed by atoms with E-state index in [0.717, 1.165) is 37.6 Å². The van der Waals surface area contributed by atoms with Crippen LogP contribution in [0.2, 0.25) is 0 Å². The lowest BCUT2D eigenvalue weighted by molar-refractivity contribution is 0.107. The van der Waals surface area contributed by atoms with E-state index in [1.165, 1.54) is 0 Å². The fourth-order valence-corrected chi connectivity index (χ4v) is 2.18. The van der Waals surface area contributed by atoms with Gasteiger partial charge in [0, 0.05) is 20.2 Å². The average Bonchev–Trinajstić information content (AvgIpc) is 2.73. The minimum absolute atomic E-state index is 0.0154. The monoisotopic (exact) mass is 224 g/mol. The zero-order valence-electron chi connectivity index (χ0n) is 10.2. The van der Waals surface area contributed by atoms with Gasteiger partial charge in [-0.25, -0.2) is 0 Å². The van der Waals surface area contributed by atoms with Gasteiger partial charge in [0.1, 0.15) is 11.9 Å². The molecule has 2 atom stereocenters. The van der Waals surface area contributed by atoms with Crippen LogP contribution in [0.3, 0.4) is 0 Å². The molecule has 2 heterocycles. The highest BCUT2D eigenvalue weighted by Crippen LogP contribution is 2.24. The van der Waals surface area contributed by atoms with E-state index in [1.807, 2.05) is 6.92 Å². The lowest BCUT2D eigenvalue weighted by Gasteiger charge is -2.25. The molecule has 2 rings (SSSR count). The van der Waals surface area contributed by atoms with E-state index >= 15 is 0 Å². The zero-order valence-corrected chi connectivity index (χ0v) is 10.2. The summed E-state index contributed by atoms with van der Waals surface area (Å²) in [5.41, 5.74) is 0. The Kier molecular flexibility index (Phi) is 3.56. The summed E-state index contributed by atoms with van der Waals surface area (Å²) in [5.74, 6) is 2.01. The second-order valence-corrected chi connectivity index (χ2v) is 4.24. The summed E-state index contributed by atoms with van der Waals surface area (Å²) in [7, 11) is 1.71. The van der Waals surface area contributed by atoms with Crippen LogP contribution < -0.4 is 5.32 Å². The third kappa shape index (κ3) is 1.97. The molecule has 0 aliphatic carbocycles. The van der Waals surface area contributed by atoms with Gasteiger partial charge in [-0.05, 0) is 13.3 Å². The SMILES string of the molecule is CCCC1NCCn2c1nnc2C(C)OC. The Morgan fingerprint density at radius 1 is 1.56 bits per heavy atom. The fraction of sp³-hybridized carbons (Fsp3) is 0.818. The van der Waals surface area contributed by atoms with E-state index in [0.29, 0.717) is 6.04 Å². The number of nitrogens with one attached hydrogen (secondary N) is 1. The normalized spacial score (nSPS) is 21.8. The fourth-order valence-electron chi connectivity index (χ4n) is 2.18. The van der Waals surface area contributed by atoms with Gasteiger partial charge in [-0.1, -0.05) is 13.3 Å². The van der Waals surface area contributed by atoms with E-state index in [-0.39, 0.29) is 6.10 Å². The maximum absolute atomic E-state index is 5.31. The van der Waals surface area contributed by atoms with E-state index in [2.05, 4.69) is 27.0 Å². The van der Waals surface area contributed by atoms with Crippen molar-refractivity contribution in [3.8, 4) is 0 Å². The number of nitrogens with zero attached hydrogens (tertiary/aromatic N) is 3. The number of rotatable bonds is 4. The van der Waals surface area contributed by atoms with Crippen LogP contribution in [0.25, 0.3) is 0 Å². The molecule has 0 bridgehead atoms. The Labute approximate surface area is 96.2 Å². The Hall–Kier alpha value is -0.940. The van der Waals surface area contributed by atoms with E-state index in [1.54, 1.807) is 7.11 Å². The van der Waals surface area contributed by atoms with Crippen LogP contribution in [-0.2, 0) is 11.3 Å². The topological polar surface area (TPSA) is 52.0 Å². The molecule has 16 heavy (non-hydrogen) atoms. The van der Waals surface area contributed by atoms with Crippen LogP contribution >= 0.6 is 0 Å². The van der Waals surface area contributed by atoms with Crippen molar-refractivity contribution in [2.75, 3.05) is 13.7 Å². The molecule has 1 N–H and O–H groups in total. The molecule has 5 nitrogen and oxygen atoms in total. The quantitative estimate of drug-likeness (QED) is 0.840. The lowest BCUT2D eigenvalue weighted by atomic mass is 10.1. The highest BCUT2D eigenvalue weighted by molar-refractivity contribution is 5.06. The van der Waals surface area contributed by atoms with E-state index < -0.39 is 0 Å². The molecule has 90 valence electrons. The molecule has 0 spiro atoms. The molecule has 0 aromatic carbocycles. The van der Waals surface area contributed by atoms with Crippen LogP contribution in [0.15, 0.2) is 0 Å². The summed E-state index contributed by atoms with van der Waals surface area (Å²) in [4.78, 5) is 0. The van der Waals surface area contributed by atoms with Gasteiger partial charge in [-0.2, -0.15) is 0 Å². The van der Waals surface area contributed by atoms with E-state index in [4.69, 9.17) is 4.74 Å². The van der Waals surface area contributed by atoms with Gasteiger partial charge in [0.25, 0.3) is 0 Å². The van der Waals surface area contributed by atoms with Crippen molar-refractivity contribution in [1.29, 1.82) is 0 Å². The number of fused-ring (bicyclic) bond motifs is 1. The minimum Gasteiger partial charge on any atom is -0.374 e. The van der Waals surface area contributed by atoms with Crippen molar-refractivity contribution in [3.63, 3.8) is 0 Å². The Bertz CT molecular complexity index is 350. The Morgan fingerprint density at radius 3 is 3.06 bits per heavy atom. The number of hydrogen-bond donors (Lipinski definition) is 1. The predicted molar refractivity (Wildman–Crippen MR) is 61.1 cm³/mol. The Balaban J connectivity index is 2.27. The second-order valence-electron chi connectivity index (χ2n) is 4.24. The van der Waals surface area contributed by atoms with Crippen molar-refractivity contribution in [3.05, 3.63) is 11.6 Å². The van der Waals surface area contributed by atoms with Gasteiger partial charge < -0.3 is 14.6 Å². The average molecular weight is 224 g/mol. The van der Waals surface area contributed by atoms with Crippen molar-refractivity contribution in [1.82, 2.24) is 20.1 Å². The number of hydrogen-bond acceptors (Lipinski definition) is 4. The summed E-state index contributed by atoms with van der Waals surface area (Å²) in [6.45, 7) is 6.12. The molecule has 0 fully saturated rings. The van der Waals surface area contributed by atoms with Crippen LogP contribution in [0.5, 0.6) is 0 Å². The van der Waals surface area contributed by atoms with Gasteiger partial charge in [0.2, 0.25) is 0 Å². The molecular weight excluding hydrogens is 204 g/mol. The maximum atomic E-state index is 5.31. The van der Waals surface area contributed by atoms with Crippen molar-refractivity contribution < 1.29 is 4.74 Å². The summed E-state index contributed by atoms with van der Waals surface area (Å²) in [6.07, 6.45) is 2.28. The first-order valence-electron chi connectivity index (χ1n) is 5.97. The standard InChI is InChI=1S/C11H20N4O/c1-4-5-9-11-14-13-10(8(2)16-3)15(11)7-6-12-9/h8-9,12H,4-7H2,1-3H3. The second kappa shape index (κ2) is 4.93. The molecule has 1 aromatic heterocycles. The van der Waals surface area contributed by atoms with Crippen LogP contribution in [0.4, 0.5) is 0 Å². The van der Waals surface area contributed by atoms with Gasteiger partial charge in [-0.15, -0.1) is 10.2 Å². The first-order valence-corrected chi connectivity index (χ1v) is 5.97. The molecule has 0 amide bonds. The van der Waals surface area contributed by atoms with Crippen LogP contribution in [0, 0.1) is 0 Å². The molecular formula is C11H20N4O. The molecule has 0 radical (unpaired) electrons. The molecule has 5 heteroatoms. The molecule has 1 aliphatic rings. The van der Waals surface area contributed by atoms with Crippen molar-refractivity contribution >= 4 is 0 Å². The van der Waals surface area contributed by atoms with Gasteiger partial charge in [0.05, 0.1) is 6.04 Å². The number of methoxy groups -OCH3 is 1. The van der Waals surface area contributed by atoms with Gasteiger partial charge in [-0.3, -0.25) is 0 Å². The van der Waals surface area contributed by atoms with Crippen molar-refractivity contribution in [2.24, 2.45) is 0 Å². The number of aromatic nitrogens is 3. The first kappa shape index (κ1) is 11.5. The summed E-state index contributed by atoms with van der Waals surface area (Å²) in [5, 5.41) is 12.0. The smallest absolute Gasteiger partial charge is 0.162 e. The zero-order chi connectivity index (χ0) is 11.5. The summed E-state index contributed by atoms with van der Waals surface area (Å²) >= 11 is 0. The maximum Gasteiger partial charge on any atom is 0.162 e. The van der Waals surface area contributed by atoms with Crippen LogP contribution in [-0.4, -0.2) is 28.4 Å². The summed E-state index contributed by atoms with van der Waals surface area (Å²) in [6, 6.07) is 0.351. The third-order valence-electron chi connectivity index (χ3n) is 3.14. The van der Waals surface area contributed by atoms with E-state index in [9.17, 15) is 0 Å². The molecule has 1 aromatic rings. The van der Waals surface area contributed by atoms with Crippen LogP contribution in [0.1, 0.15) is 50.5 Å². The molecule has 1 aliphatic heterocycles. The van der Waals surface area contributed by atoms with Gasteiger partial charge >= 0.3 is 0 Å². The largest absolute Gasteiger partial charge is 0.374 e. The Morgan fingerprint density at radius 2 is 2.38 bits per heavy atom. The molecule has 0 saturated heterocycles. The third-order valence-corrected chi connectivity index (χ3v) is 3.14. The highest BCUT2D eigenvalue weighted by Gasteiger charge is 2.25. The van der Waals surface area contributed by atoms with Gasteiger partial charge in [0.15, 0.2) is 5.82 Å². The molecule has 0 saturated carbocycles. The number of ether oxygens (including phenoxy) is 1. The van der Waals surface area contributed by atoms with Crippen molar-refractivity contribution in [2.45, 2.75) is 45.4 Å².